The Kier molecular flexibility index (Phi) is 7.55. The van der Waals surface area contributed by atoms with Gasteiger partial charge in [0.05, 0.1) is 13.0 Å². The maximum Gasteiger partial charge on any atom is 0.317 e. The molecule has 6 heteroatoms. The minimum atomic E-state index is -0.913. The Morgan fingerprint density at radius 2 is 1.88 bits per heavy atom. The summed E-state index contributed by atoms with van der Waals surface area (Å²) in [6.07, 6.45) is 0.649. The van der Waals surface area contributed by atoms with E-state index in [0.29, 0.717) is 6.42 Å². The van der Waals surface area contributed by atoms with Crippen molar-refractivity contribution in [1.82, 2.24) is 10.2 Å². The molecule has 0 bridgehead atoms. The van der Waals surface area contributed by atoms with Crippen LogP contribution in [0.15, 0.2) is 24.3 Å². The Hall–Kier alpha value is -2.24. The molecule has 2 atom stereocenters. The predicted molar refractivity (Wildman–Crippen MR) is 93.3 cm³/mol. The highest BCUT2D eigenvalue weighted by Crippen LogP contribution is 2.21. The summed E-state index contributed by atoms with van der Waals surface area (Å²) >= 11 is 0. The van der Waals surface area contributed by atoms with Gasteiger partial charge in [-0.1, -0.05) is 39.0 Å². The number of carboxylic acids is 1. The molecule has 0 aliphatic carbocycles. The molecule has 2 amide bonds. The first-order valence-corrected chi connectivity index (χ1v) is 8.12. The second-order valence-corrected chi connectivity index (χ2v) is 6.44. The normalized spacial score (nSPS) is 13.2. The van der Waals surface area contributed by atoms with Gasteiger partial charge < -0.3 is 20.1 Å². The molecule has 1 rings (SSSR count). The lowest BCUT2D eigenvalue weighted by molar-refractivity contribution is -0.141. The largest absolute Gasteiger partial charge is 0.496 e. The Morgan fingerprint density at radius 1 is 1.25 bits per heavy atom. The number of hydrogen-bond acceptors (Lipinski definition) is 3. The summed E-state index contributed by atoms with van der Waals surface area (Å²) in [6.45, 7) is 5.84. The smallest absolute Gasteiger partial charge is 0.317 e. The van der Waals surface area contributed by atoms with Crippen molar-refractivity contribution in [3.63, 3.8) is 0 Å². The molecule has 134 valence electrons. The number of carbonyl (C=O) groups is 2. The summed E-state index contributed by atoms with van der Waals surface area (Å²) in [7, 11) is 3.23. The third-order valence-electron chi connectivity index (χ3n) is 4.06. The molecule has 0 saturated carbocycles. The highest BCUT2D eigenvalue weighted by atomic mass is 16.5. The standard InChI is InChI=1S/C18H28N2O4/c1-12(2)15(10-14-8-6-7-9-16(14)24-5)19-18(23)20(4)11-13(3)17(21)22/h6-9,12-13,15H,10-11H2,1-5H3,(H,19,23)(H,21,22). The molecule has 2 N–H and O–H groups in total. The van der Waals surface area contributed by atoms with E-state index in [0.717, 1.165) is 11.3 Å². The van der Waals surface area contributed by atoms with Crippen LogP contribution in [-0.4, -0.2) is 48.8 Å². The lowest BCUT2D eigenvalue weighted by Gasteiger charge is -2.27. The van der Waals surface area contributed by atoms with Crippen LogP contribution in [0.4, 0.5) is 4.79 Å². The minimum Gasteiger partial charge on any atom is -0.496 e. The first kappa shape index (κ1) is 19.8. The third-order valence-corrected chi connectivity index (χ3v) is 4.06. The quantitative estimate of drug-likeness (QED) is 0.765. The first-order chi connectivity index (χ1) is 11.3. The van der Waals surface area contributed by atoms with Crippen molar-refractivity contribution in [3.05, 3.63) is 29.8 Å². The van der Waals surface area contributed by atoms with E-state index in [1.54, 1.807) is 21.1 Å². The van der Waals surface area contributed by atoms with Crippen LogP contribution in [0.5, 0.6) is 5.75 Å². The summed E-state index contributed by atoms with van der Waals surface area (Å²) in [5.41, 5.74) is 1.03. The molecule has 0 aliphatic heterocycles. The molecule has 0 radical (unpaired) electrons. The van der Waals surface area contributed by atoms with Crippen LogP contribution in [-0.2, 0) is 11.2 Å². The molecule has 0 fully saturated rings. The van der Waals surface area contributed by atoms with Crippen molar-refractivity contribution < 1.29 is 19.4 Å². The number of carbonyl (C=O) groups excluding carboxylic acids is 1. The average Bonchev–Trinajstić information content (AvgIpc) is 2.54. The number of hydrogen-bond donors (Lipinski definition) is 2. The van der Waals surface area contributed by atoms with Crippen molar-refractivity contribution in [3.8, 4) is 5.75 Å². The number of amides is 2. The predicted octanol–water partition coefficient (Wildman–Crippen LogP) is 2.62. The van der Waals surface area contributed by atoms with Gasteiger partial charge in [-0.05, 0) is 24.0 Å². The van der Waals surface area contributed by atoms with Crippen LogP contribution in [0, 0.1) is 11.8 Å². The molecule has 0 spiro atoms. The summed E-state index contributed by atoms with van der Waals surface area (Å²) in [5.74, 6) is -0.494. The molecule has 0 aromatic heterocycles. The first-order valence-electron chi connectivity index (χ1n) is 8.12. The van der Waals surface area contributed by atoms with Crippen LogP contribution in [0.2, 0.25) is 0 Å². The van der Waals surface area contributed by atoms with Gasteiger partial charge in [-0.15, -0.1) is 0 Å². The number of para-hydroxylation sites is 1. The number of benzene rings is 1. The van der Waals surface area contributed by atoms with Crippen molar-refractivity contribution in [1.29, 1.82) is 0 Å². The lowest BCUT2D eigenvalue weighted by Crippen LogP contribution is -2.47. The van der Waals surface area contributed by atoms with Crippen molar-refractivity contribution >= 4 is 12.0 Å². The van der Waals surface area contributed by atoms with E-state index in [1.165, 1.54) is 4.90 Å². The van der Waals surface area contributed by atoms with Gasteiger partial charge in [0.15, 0.2) is 0 Å². The van der Waals surface area contributed by atoms with Gasteiger partial charge in [0.1, 0.15) is 5.75 Å². The molecule has 1 aromatic rings. The summed E-state index contributed by atoms with van der Waals surface area (Å²) in [6, 6.07) is 7.39. The zero-order valence-electron chi connectivity index (χ0n) is 15.1. The fraction of sp³-hybridized carbons (Fsp3) is 0.556. The third kappa shape index (κ3) is 5.76. The minimum absolute atomic E-state index is 0.0728. The van der Waals surface area contributed by atoms with Gasteiger partial charge in [0.2, 0.25) is 0 Å². The molecule has 0 heterocycles. The van der Waals surface area contributed by atoms with Crippen LogP contribution < -0.4 is 10.1 Å². The van der Waals surface area contributed by atoms with Gasteiger partial charge in [0, 0.05) is 19.6 Å². The molecular weight excluding hydrogens is 308 g/mol. The van der Waals surface area contributed by atoms with Crippen LogP contribution in [0.25, 0.3) is 0 Å². The number of urea groups is 1. The fourth-order valence-corrected chi connectivity index (χ4v) is 2.40. The maximum absolute atomic E-state index is 12.4. The average molecular weight is 336 g/mol. The van der Waals surface area contributed by atoms with Crippen molar-refractivity contribution in [2.45, 2.75) is 33.2 Å². The molecule has 6 nitrogen and oxygen atoms in total. The van der Waals surface area contributed by atoms with Crippen molar-refractivity contribution in [2.24, 2.45) is 11.8 Å². The summed E-state index contributed by atoms with van der Waals surface area (Å²) in [5, 5.41) is 12.0. The Labute approximate surface area is 143 Å². The van der Waals surface area contributed by atoms with E-state index in [9.17, 15) is 9.59 Å². The summed E-state index contributed by atoms with van der Waals surface area (Å²) < 4.78 is 5.37. The van der Waals surface area contributed by atoms with Crippen LogP contribution >= 0.6 is 0 Å². The number of ether oxygens (including phenoxy) is 1. The van der Waals surface area contributed by atoms with Gasteiger partial charge in [-0.3, -0.25) is 4.79 Å². The van der Waals surface area contributed by atoms with Crippen LogP contribution in [0.3, 0.4) is 0 Å². The SMILES string of the molecule is COc1ccccc1CC(NC(=O)N(C)CC(C)C(=O)O)C(C)C. The van der Waals surface area contributed by atoms with Crippen molar-refractivity contribution in [2.75, 3.05) is 20.7 Å². The number of nitrogens with zero attached hydrogens (tertiary/aromatic N) is 1. The number of nitrogens with one attached hydrogen (secondary N) is 1. The van der Waals surface area contributed by atoms with E-state index >= 15 is 0 Å². The monoisotopic (exact) mass is 336 g/mol. The van der Waals surface area contributed by atoms with E-state index < -0.39 is 11.9 Å². The highest BCUT2D eigenvalue weighted by molar-refractivity contribution is 5.76. The zero-order valence-corrected chi connectivity index (χ0v) is 15.1. The van der Waals surface area contributed by atoms with E-state index in [-0.39, 0.29) is 24.5 Å². The van der Waals surface area contributed by atoms with E-state index in [2.05, 4.69) is 5.32 Å². The number of methoxy groups -OCH3 is 1. The lowest BCUT2D eigenvalue weighted by atomic mass is 9.96. The topological polar surface area (TPSA) is 78.9 Å². The van der Waals surface area contributed by atoms with Gasteiger partial charge in [-0.2, -0.15) is 0 Å². The van der Waals surface area contributed by atoms with Gasteiger partial charge in [0.25, 0.3) is 0 Å². The molecule has 0 aliphatic rings. The van der Waals surface area contributed by atoms with Gasteiger partial charge in [-0.25, -0.2) is 4.79 Å². The second kappa shape index (κ2) is 9.15. The van der Waals surface area contributed by atoms with Crippen LogP contribution in [0.1, 0.15) is 26.3 Å². The zero-order chi connectivity index (χ0) is 18.3. The Morgan fingerprint density at radius 3 is 2.42 bits per heavy atom. The number of carboxylic acid groups (broad SMARTS) is 1. The maximum atomic E-state index is 12.4. The highest BCUT2D eigenvalue weighted by Gasteiger charge is 2.22. The van der Waals surface area contributed by atoms with E-state index in [4.69, 9.17) is 9.84 Å². The molecule has 0 saturated heterocycles. The Bertz CT molecular complexity index is 560. The fourth-order valence-electron chi connectivity index (χ4n) is 2.40. The van der Waals surface area contributed by atoms with Gasteiger partial charge >= 0.3 is 12.0 Å². The number of aliphatic carboxylic acids is 1. The Balaban J connectivity index is 2.75. The molecular formula is C18H28N2O4. The molecule has 2 unspecified atom stereocenters. The summed E-state index contributed by atoms with van der Waals surface area (Å²) in [4.78, 5) is 24.7. The molecule has 1 aromatic carbocycles. The number of rotatable bonds is 8. The molecule has 24 heavy (non-hydrogen) atoms. The second-order valence-electron chi connectivity index (χ2n) is 6.44. The van der Waals surface area contributed by atoms with E-state index in [1.807, 2.05) is 38.1 Å².